The highest BCUT2D eigenvalue weighted by Gasteiger charge is 2.18. The van der Waals surface area contributed by atoms with Crippen LogP contribution >= 0.6 is 0 Å². The molecular formula is C19H20N2O3. The number of pyridine rings is 1. The highest BCUT2D eigenvalue weighted by atomic mass is 16.5. The maximum absolute atomic E-state index is 11.0. The molecule has 0 aliphatic carbocycles. The molecule has 1 N–H and O–H groups in total. The molecule has 24 heavy (non-hydrogen) atoms. The lowest BCUT2D eigenvalue weighted by molar-refractivity contribution is -0.136. The van der Waals surface area contributed by atoms with Gasteiger partial charge in [0.25, 0.3) is 0 Å². The molecule has 0 aliphatic heterocycles. The van der Waals surface area contributed by atoms with Gasteiger partial charge in [-0.25, -0.2) is 4.98 Å². The normalized spacial score (nSPS) is 10.9. The second-order valence-corrected chi connectivity index (χ2v) is 5.66. The van der Waals surface area contributed by atoms with E-state index >= 15 is 0 Å². The SMILES string of the molecule is CCOc1ccccc1-c1nc2cc(C)ccn2c1CCC(=O)O. The van der Waals surface area contributed by atoms with Crippen LogP contribution in [0.4, 0.5) is 0 Å². The van der Waals surface area contributed by atoms with Gasteiger partial charge in [-0.15, -0.1) is 0 Å². The van der Waals surface area contributed by atoms with E-state index in [9.17, 15) is 4.79 Å². The zero-order valence-corrected chi connectivity index (χ0v) is 13.8. The Kier molecular flexibility index (Phi) is 4.51. The fourth-order valence-corrected chi connectivity index (χ4v) is 2.82. The molecule has 0 atom stereocenters. The van der Waals surface area contributed by atoms with Gasteiger partial charge in [-0.05, 0) is 43.7 Å². The van der Waals surface area contributed by atoms with E-state index in [0.29, 0.717) is 13.0 Å². The first-order chi connectivity index (χ1) is 11.6. The Balaban J connectivity index is 2.19. The highest BCUT2D eigenvalue weighted by Crippen LogP contribution is 2.33. The van der Waals surface area contributed by atoms with E-state index in [0.717, 1.165) is 33.9 Å². The van der Waals surface area contributed by atoms with Gasteiger partial charge in [0.2, 0.25) is 0 Å². The first kappa shape index (κ1) is 16.1. The van der Waals surface area contributed by atoms with Crippen molar-refractivity contribution in [2.24, 2.45) is 0 Å². The summed E-state index contributed by atoms with van der Waals surface area (Å²) in [6.45, 7) is 4.52. The molecule has 3 rings (SSSR count). The number of hydrogen-bond donors (Lipinski definition) is 1. The van der Waals surface area contributed by atoms with Crippen LogP contribution < -0.4 is 4.74 Å². The van der Waals surface area contributed by atoms with Crippen LogP contribution in [0.3, 0.4) is 0 Å². The minimum absolute atomic E-state index is 0.0610. The van der Waals surface area contributed by atoms with Gasteiger partial charge in [0.05, 0.1) is 24.4 Å². The van der Waals surface area contributed by atoms with Gasteiger partial charge in [0.1, 0.15) is 11.4 Å². The number of carboxylic acid groups (broad SMARTS) is 1. The van der Waals surface area contributed by atoms with Crippen LogP contribution in [0, 0.1) is 6.92 Å². The van der Waals surface area contributed by atoms with Crippen LogP contribution in [0.25, 0.3) is 16.9 Å². The summed E-state index contributed by atoms with van der Waals surface area (Å²) in [5, 5.41) is 9.07. The number of imidazole rings is 1. The molecule has 5 nitrogen and oxygen atoms in total. The molecule has 0 radical (unpaired) electrons. The van der Waals surface area contributed by atoms with Crippen molar-refractivity contribution in [2.75, 3.05) is 6.61 Å². The summed E-state index contributed by atoms with van der Waals surface area (Å²) in [4.78, 5) is 15.8. The van der Waals surface area contributed by atoms with Crippen LogP contribution in [-0.4, -0.2) is 27.1 Å². The molecule has 0 spiro atoms. The number of benzene rings is 1. The van der Waals surface area contributed by atoms with Gasteiger partial charge in [0.15, 0.2) is 0 Å². The largest absolute Gasteiger partial charge is 0.493 e. The summed E-state index contributed by atoms with van der Waals surface area (Å²) >= 11 is 0. The first-order valence-corrected chi connectivity index (χ1v) is 8.01. The van der Waals surface area contributed by atoms with Crippen LogP contribution in [0.2, 0.25) is 0 Å². The Morgan fingerprint density at radius 3 is 2.83 bits per heavy atom. The predicted molar refractivity (Wildman–Crippen MR) is 92.5 cm³/mol. The Morgan fingerprint density at radius 1 is 1.29 bits per heavy atom. The van der Waals surface area contributed by atoms with Crippen LogP contribution in [0.1, 0.15) is 24.6 Å². The third-order valence-electron chi connectivity index (χ3n) is 3.90. The van der Waals surface area contributed by atoms with Crippen molar-refractivity contribution in [1.82, 2.24) is 9.38 Å². The zero-order chi connectivity index (χ0) is 17.1. The van der Waals surface area contributed by atoms with Crippen molar-refractivity contribution in [3.63, 3.8) is 0 Å². The molecule has 0 amide bonds. The lowest BCUT2D eigenvalue weighted by atomic mass is 10.1. The topological polar surface area (TPSA) is 63.8 Å². The van der Waals surface area contributed by atoms with Gasteiger partial charge in [-0.2, -0.15) is 0 Å². The molecular weight excluding hydrogens is 304 g/mol. The molecule has 0 saturated carbocycles. The first-order valence-electron chi connectivity index (χ1n) is 8.01. The van der Waals surface area contributed by atoms with Gasteiger partial charge in [-0.3, -0.25) is 4.79 Å². The standard InChI is InChI=1S/C19H20N2O3/c1-3-24-16-7-5-4-6-14(16)19-15(8-9-18(22)23)21-11-10-13(2)12-17(21)20-19/h4-7,10-12H,3,8-9H2,1-2H3,(H,22,23). The van der Waals surface area contributed by atoms with Crippen molar-refractivity contribution in [2.45, 2.75) is 26.7 Å². The van der Waals surface area contributed by atoms with Crippen LogP contribution in [0.15, 0.2) is 42.6 Å². The fourth-order valence-electron chi connectivity index (χ4n) is 2.82. The third-order valence-corrected chi connectivity index (χ3v) is 3.90. The van der Waals surface area contributed by atoms with Gasteiger partial charge in [-0.1, -0.05) is 12.1 Å². The maximum Gasteiger partial charge on any atom is 0.303 e. The quantitative estimate of drug-likeness (QED) is 0.750. The van der Waals surface area contributed by atoms with E-state index in [1.54, 1.807) is 0 Å². The van der Waals surface area contributed by atoms with E-state index in [2.05, 4.69) is 0 Å². The number of nitrogens with zero attached hydrogens (tertiary/aromatic N) is 2. The number of aromatic nitrogens is 2. The minimum Gasteiger partial charge on any atom is -0.493 e. The summed E-state index contributed by atoms with van der Waals surface area (Å²) < 4.78 is 7.69. The second-order valence-electron chi connectivity index (χ2n) is 5.66. The average Bonchev–Trinajstić information content (AvgIpc) is 2.91. The third kappa shape index (κ3) is 3.11. The molecule has 0 unspecified atom stereocenters. The van der Waals surface area contributed by atoms with E-state index in [1.165, 1.54) is 0 Å². The number of carboxylic acids is 1. The summed E-state index contributed by atoms with van der Waals surface area (Å²) in [7, 11) is 0. The Morgan fingerprint density at radius 2 is 2.08 bits per heavy atom. The smallest absolute Gasteiger partial charge is 0.303 e. The molecule has 1 aromatic carbocycles. The molecule has 0 bridgehead atoms. The minimum atomic E-state index is -0.818. The number of para-hydroxylation sites is 1. The number of aryl methyl sites for hydroxylation is 2. The lowest BCUT2D eigenvalue weighted by Gasteiger charge is -2.10. The van der Waals surface area contributed by atoms with Crippen molar-refractivity contribution in [1.29, 1.82) is 0 Å². The Labute approximate surface area is 140 Å². The summed E-state index contributed by atoms with van der Waals surface area (Å²) in [6, 6.07) is 11.7. The number of fused-ring (bicyclic) bond motifs is 1. The van der Waals surface area contributed by atoms with Crippen LogP contribution in [-0.2, 0) is 11.2 Å². The van der Waals surface area contributed by atoms with Gasteiger partial charge < -0.3 is 14.2 Å². The highest BCUT2D eigenvalue weighted by molar-refractivity contribution is 5.73. The number of aliphatic carboxylic acids is 1. The number of hydrogen-bond acceptors (Lipinski definition) is 3. The van der Waals surface area contributed by atoms with Crippen molar-refractivity contribution in [3.8, 4) is 17.0 Å². The molecule has 5 heteroatoms. The molecule has 0 saturated heterocycles. The van der Waals surface area contributed by atoms with Gasteiger partial charge >= 0.3 is 5.97 Å². The van der Waals surface area contributed by atoms with Crippen LogP contribution in [0.5, 0.6) is 5.75 Å². The van der Waals surface area contributed by atoms with E-state index in [1.807, 2.05) is 60.8 Å². The molecule has 124 valence electrons. The van der Waals surface area contributed by atoms with E-state index < -0.39 is 5.97 Å². The fraction of sp³-hybridized carbons (Fsp3) is 0.263. The molecule has 3 aromatic rings. The number of rotatable bonds is 6. The van der Waals surface area contributed by atoms with Gasteiger partial charge in [0, 0.05) is 18.2 Å². The zero-order valence-electron chi connectivity index (χ0n) is 13.8. The average molecular weight is 324 g/mol. The van der Waals surface area contributed by atoms with E-state index in [4.69, 9.17) is 14.8 Å². The summed E-state index contributed by atoms with van der Waals surface area (Å²) in [5.41, 5.74) is 4.49. The second kappa shape index (κ2) is 6.74. The van der Waals surface area contributed by atoms with Crippen molar-refractivity contribution in [3.05, 3.63) is 53.9 Å². The van der Waals surface area contributed by atoms with Crippen molar-refractivity contribution < 1.29 is 14.6 Å². The predicted octanol–water partition coefficient (Wildman–Crippen LogP) is 3.73. The number of ether oxygens (including phenoxy) is 1. The summed E-state index contributed by atoms with van der Waals surface area (Å²) in [6.07, 6.45) is 2.42. The molecule has 2 heterocycles. The van der Waals surface area contributed by atoms with Crippen molar-refractivity contribution >= 4 is 11.6 Å². The molecule has 0 aliphatic rings. The summed E-state index contributed by atoms with van der Waals surface area (Å²) in [5.74, 6) is -0.0576. The monoisotopic (exact) mass is 324 g/mol. The lowest BCUT2D eigenvalue weighted by Crippen LogP contribution is -2.02. The molecule has 0 fully saturated rings. The number of carbonyl (C=O) groups is 1. The Hall–Kier alpha value is -2.82. The molecule has 2 aromatic heterocycles. The Bertz CT molecular complexity index is 883. The maximum atomic E-state index is 11.0. The van der Waals surface area contributed by atoms with E-state index in [-0.39, 0.29) is 6.42 Å².